The Balaban J connectivity index is 2.00. The minimum atomic E-state index is -1.18. The van der Waals surface area contributed by atoms with Crippen LogP contribution in [0.5, 0.6) is 0 Å². The number of nitrogens with two attached hydrogens (primary N) is 1. The molecule has 3 rings (SSSR count). The number of hydrogen-bond donors (Lipinski definition) is 2. The van der Waals surface area contributed by atoms with Crippen LogP contribution in [0, 0.1) is 28.9 Å². The number of imide groups is 1. The van der Waals surface area contributed by atoms with Crippen LogP contribution in [0.25, 0.3) is 0 Å². The fraction of sp³-hybridized carbons (Fsp3) is 0.217. The van der Waals surface area contributed by atoms with Gasteiger partial charge in [0, 0.05) is 48.6 Å². The Morgan fingerprint density at radius 1 is 1.28 bits per heavy atom. The number of benzene rings is 1. The van der Waals surface area contributed by atoms with Crippen LogP contribution in [0.15, 0.2) is 48.4 Å². The summed E-state index contributed by atoms with van der Waals surface area (Å²) in [5, 5.41) is 7.58. The average Bonchev–Trinajstić information content (AvgIpc) is 2.78. The number of nitrogens with one attached hydrogen (secondary N) is 1. The second-order valence-electron chi connectivity index (χ2n) is 7.18. The minimum absolute atomic E-state index is 0.0397. The van der Waals surface area contributed by atoms with Gasteiger partial charge in [0.05, 0.1) is 12.0 Å². The van der Waals surface area contributed by atoms with E-state index in [0.29, 0.717) is 10.5 Å². The van der Waals surface area contributed by atoms with Crippen LogP contribution in [0.3, 0.4) is 0 Å². The Labute approximate surface area is 184 Å². The van der Waals surface area contributed by atoms with Crippen LogP contribution in [-0.2, 0) is 4.79 Å². The summed E-state index contributed by atoms with van der Waals surface area (Å²) in [6, 6.07) is 4.38. The van der Waals surface area contributed by atoms with Gasteiger partial charge in [-0.3, -0.25) is 9.78 Å². The first-order valence-electron chi connectivity index (χ1n) is 9.73. The van der Waals surface area contributed by atoms with Gasteiger partial charge < -0.3 is 16.0 Å². The number of urea groups is 1. The minimum Gasteiger partial charge on any atom is -0.404 e. The number of nitrogens with zero attached hydrogens (tertiary/aromatic N) is 3. The van der Waals surface area contributed by atoms with Gasteiger partial charge >= 0.3 is 6.03 Å². The molecule has 0 radical (unpaired) electrons. The molecule has 9 heteroatoms. The van der Waals surface area contributed by atoms with Crippen molar-refractivity contribution in [3.05, 3.63) is 71.2 Å². The number of carbonyl (C=O) groups excluding carboxylic acids is 2. The van der Waals surface area contributed by atoms with Gasteiger partial charge in [-0.25, -0.2) is 18.5 Å². The predicted molar refractivity (Wildman–Crippen MR) is 116 cm³/mol. The highest BCUT2D eigenvalue weighted by atomic mass is 19.1. The number of carbonyl (C=O) groups is 2. The van der Waals surface area contributed by atoms with Crippen molar-refractivity contribution in [3.63, 3.8) is 0 Å². The second-order valence-corrected chi connectivity index (χ2v) is 7.18. The average molecular weight is 437 g/mol. The van der Waals surface area contributed by atoms with Crippen molar-refractivity contribution in [2.24, 2.45) is 5.73 Å². The molecule has 1 aromatic carbocycles. The molecule has 1 saturated heterocycles. The summed E-state index contributed by atoms with van der Waals surface area (Å²) in [7, 11) is 1.40. The molecule has 1 fully saturated rings. The first kappa shape index (κ1) is 22.6. The number of amides is 3. The maximum atomic E-state index is 14.9. The highest BCUT2D eigenvalue weighted by Crippen LogP contribution is 2.38. The van der Waals surface area contributed by atoms with E-state index in [-0.39, 0.29) is 24.0 Å². The Morgan fingerprint density at radius 2 is 1.94 bits per heavy atom. The van der Waals surface area contributed by atoms with Gasteiger partial charge in [0.1, 0.15) is 5.69 Å². The summed E-state index contributed by atoms with van der Waals surface area (Å²) in [6.45, 7) is 1.73. The van der Waals surface area contributed by atoms with Gasteiger partial charge in [0.25, 0.3) is 0 Å². The number of halogens is 2. The molecule has 2 heterocycles. The van der Waals surface area contributed by atoms with Crippen molar-refractivity contribution < 1.29 is 18.4 Å². The molecule has 3 N–H and O–H groups in total. The van der Waals surface area contributed by atoms with E-state index < -0.39 is 34.8 Å². The molecule has 7 nitrogen and oxygen atoms in total. The van der Waals surface area contributed by atoms with Crippen molar-refractivity contribution in [2.45, 2.75) is 25.3 Å². The van der Waals surface area contributed by atoms with Crippen LogP contribution in [0.4, 0.5) is 19.3 Å². The molecule has 1 aliphatic rings. The molecule has 32 heavy (non-hydrogen) atoms. The number of hydrogen-bond acceptors (Lipinski definition) is 5. The molecule has 0 spiro atoms. The number of aromatic nitrogens is 1. The topological polar surface area (TPSA) is 103 Å². The summed E-state index contributed by atoms with van der Waals surface area (Å²) in [5.74, 6) is 2.39. The molecule has 0 aliphatic carbocycles. The lowest BCUT2D eigenvalue weighted by molar-refractivity contribution is -0.121. The quantitative estimate of drug-likeness (QED) is 0.566. The Bertz CT molecular complexity index is 1150. The monoisotopic (exact) mass is 437 g/mol. The van der Waals surface area contributed by atoms with Crippen molar-refractivity contribution in [1.82, 2.24) is 9.88 Å². The Hall–Kier alpha value is -4.06. The Kier molecular flexibility index (Phi) is 6.35. The molecule has 1 aromatic heterocycles. The molecule has 0 saturated carbocycles. The van der Waals surface area contributed by atoms with Crippen molar-refractivity contribution in [1.29, 1.82) is 5.41 Å². The van der Waals surface area contributed by atoms with Gasteiger partial charge in [-0.15, -0.1) is 0 Å². The summed E-state index contributed by atoms with van der Waals surface area (Å²) in [5.41, 5.74) is 4.51. The van der Waals surface area contributed by atoms with E-state index in [9.17, 15) is 18.4 Å². The Morgan fingerprint density at radius 3 is 2.47 bits per heavy atom. The largest absolute Gasteiger partial charge is 0.404 e. The molecule has 3 amide bonds. The SMILES string of the molecule is CC[C@@]1(/C(C=N)=C/N)CC(=O)N(c2c(F)cc(C#Cc3cccnc3)cc2F)C(=O)N1C. The predicted octanol–water partition coefficient (Wildman–Crippen LogP) is 3.19. The normalized spacial score (nSPS) is 18.9. The number of likely N-dealkylation sites (N-methyl/N-ethyl adjacent to an activating group) is 1. The van der Waals surface area contributed by atoms with Crippen molar-refractivity contribution in [2.75, 3.05) is 11.9 Å². The summed E-state index contributed by atoms with van der Waals surface area (Å²) in [4.78, 5) is 31.6. The zero-order chi connectivity index (χ0) is 23.5. The number of pyridine rings is 1. The zero-order valence-corrected chi connectivity index (χ0v) is 17.5. The number of rotatable bonds is 4. The van der Waals surface area contributed by atoms with E-state index in [0.717, 1.165) is 24.5 Å². The van der Waals surface area contributed by atoms with Crippen LogP contribution in [-0.4, -0.2) is 40.6 Å². The highest BCUT2D eigenvalue weighted by Gasteiger charge is 2.50. The fourth-order valence-corrected chi connectivity index (χ4v) is 3.74. The summed E-state index contributed by atoms with van der Waals surface area (Å²) in [6.07, 6.45) is 5.19. The lowest BCUT2D eigenvalue weighted by Crippen LogP contribution is -2.63. The molecule has 2 aromatic rings. The van der Waals surface area contributed by atoms with Crippen molar-refractivity contribution in [3.8, 4) is 11.8 Å². The molecule has 164 valence electrons. The van der Waals surface area contributed by atoms with Crippen LogP contribution in [0.1, 0.15) is 30.9 Å². The van der Waals surface area contributed by atoms with E-state index in [1.807, 2.05) is 0 Å². The molecule has 0 unspecified atom stereocenters. The zero-order valence-electron chi connectivity index (χ0n) is 17.5. The first-order valence-corrected chi connectivity index (χ1v) is 9.73. The third-order valence-electron chi connectivity index (χ3n) is 5.52. The maximum absolute atomic E-state index is 14.9. The summed E-state index contributed by atoms with van der Waals surface area (Å²) < 4.78 is 29.8. The van der Waals surface area contributed by atoms with Gasteiger partial charge in [-0.05, 0) is 30.7 Å². The third-order valence-corrected chi connectivity index (χ3v) is 5.52. The van der Waals surface area contributed by atoms with Crippen molar-refractivity contribution >= 4 is 23.8 Å². The second kappa shape index (κ2) is 8.98. The van der Waals surface area contributed by atoms with Gasteiger partial charge in [-0.1, -0.05) is 18.8 Å². The molecular weight excluding hydrogens is 416 g/mol. The molecule has 0 bridgehead atoms. The third kappa shape index (κ3) is 3.83. The van der Waals surface area contributed by atoms with Crippen LogP contribution in [0.2, 0.25) is 0 Å². The smallest absolute Gasteiger partial charge is 0.332 e. The van der Waals surface area contributed by atoms with Crippen LogP contribution < -0.4 is 10.6 Å². The van der Waals surface area contributed by atoms with E-state index in [1.54, 1.807) is 25.3 Å². The van der Waals surface area contributed by atoms with E-state index in [2.05, 4.69) is 16.8 Å². The lowest BCUT2D eigenvalue weighted by Gasteiger charge is -2.47. The fourth-order valence-electron chi connectivity index (χ4n) is 3.74. The van der Waals surface area contributed by atoms with Gasteiger partial charge in [-0.2, -0.15) is 0 Å². The lowest BCUT2D eigenvalue weighted by atomic mass is 9.81. The highest BCUT2D eigenvalue weighted by molar-refractivity contribution is 6.17. The molecule has 1 aliphatic heterocycles. The number of anilines is 1. The molecular formula is C23H21F2N5O2. The first-order chi connectivity index (χ1) is 15.3. The van der Waals surface area contributed by atoms with E-state index >= 15 is 0 Å². The standard InChI is InChI=1S/C23H21F2N5O2/c1-3-23(17(12-26)13-27)11-20(31)30(22(32)29(23)2)21-18(24)9-16(10-19(21)25)7-6-15-5-4-8-28-14-15/h4-5,8-10,12-14,26H,3,11,27H2,1-2H3/b17-13+,26-12?/t23-/m0/s1. The van der Waals surface area contributed by atoms with E-state index in [1.165, 1.54) is 18.1 Å². The summed E-state index contributed by atoms with van der Waals surface area (Å²) >= 11 is 0. The van der Waals surface area contributed by atoms with Crippen LogP contribution >= 0.6 is 0 Å². The van der Waals surface area contributed by atoms with Gasteiger partial charge in [0.15, 0.2) is 11.6 Å². The van der Waals surface area contributed by atoms with E-state index in [4.69, 9.17) is 11.1 Å². The molecule has 1 atom stereocenters. The maximum Gasteiger partial charge on any atom is 0.332 e. The van der Waals surface area contributed by atoms with Gasteiger partial charge in [0.2, 0.25) is 5.91 Å².